The first-order valence-electron chi connectivity index (χ1n) is 4.41. The van der Waals surface area contributed by atoms with Crippen LogP contribution in [0, 0.1) is 17.6 Å². The van der Waals surface area contributed by atoms with Crippen LogP contribution in [-0.4, -0.2) is 15.4 Å². The quantitative estimate of drug-likeness (QED) is 0.836. The van der Waals surface area contributed by atoms with Crippen molar-refractivity contribution in [1.29, 1.82) is 0 Å². The molecule has 0 bridgehead atoms. The van der Waals surface area contributed by atoms with Crippen molar-refractivity contribution in [3.8, 4) is 0 Å². The van der Waals surface area contributed by atoms with E-state index in [2.05, 4.69) is 0 Å². The van der Waals surface area contributed by atoms with Gasteiger partial charge in [-0.15, -0.1) is 0 Å². The zero-order valence-electron chi connectivity index (χ0n) is 7.75. The molecule has 2 rings (SSSR count). The summed E-state index contributed by atoms with van der Waals surface area (Å²) in [5.41, 5.74) is 0.288. The number of benzene rings is 1. The number of alkyl halides is 2. The molecule has 0 spiro atoms. The monoisotopic (exact) mass is 266 g/mol. The molecule has 86 valence electrons. The molecule has 1 fully saturated rings. The smallest absolute Gasteiger partial charge is 0.310 e. The van der Waals surface area contributed by atoms with Crippen molar-refractivity contribution < 1.29 is 18.7 Å². The lowest BCUT2D eigenvalue weighted by Crippen LogP contribution is -2.03. The molecular formula is C10H6Cl2F2O2. The highest BCUT2D eigenvalue weighted by Gasteiger charge is 2.68. The molecule has 16 heavy (non-hydrogen) atoms. The Morgan fingerprint density at radius 2 is 1.94 bits per heavy atom. The molecule has 0 radical (unpaired) electrons. The average Bonchev–Trinajstić information content (AvgIpc) is 2.74. The fraction of sp³-hybridized carbons (Fsp3) is 0.300. The third kappa shape index (κ3) is 1.66. The van der Waals surface area contributed by atoms with Gasteiger partial charge in [-0.2, -0.15) is 0 Å². The van der Waals surface area contributed by atoms with Gasteiger partial charge in [0, 0.05) is 5.92 Å². The standard InChI is InChI=1S/C10H6Cl2F2O2/c11-10(12)7(8(10)9(15)16)4-1-2-5(13)6(14)3-4/h1-3,7-8H,(H,15,16)/t7-,8+/m0/s1. The zero-order chi connectivity index (χ0) is 12.1. The van der Waals surface area contributed by atoms with Gasteiger partial charge in [0.25, 0.3) is 0 Å². The van der Waals surface area contributed by atoms with E-state index in [1.165, 1.54) is 6.07 Å². The van der Waals surface area contributed by atoms with E-state index in [9.17, 15) is 13.6 Å². The van der Waals surface area contributed by atoms with Crippen LogP contribution in [0.5, 0.6) is 0 Å². The van der Waals surface area contributed by atoms with Gasteiger partial charge in [-0.05, 0) is 17.7 Å². The fourth-order valence-electron chi connectivity index (χ4n) is 1.75. The van der Waals surface area contributed by atoms with E-state index in [0.29, 0.717) is 0 Å². The summed E-state index contributed by atoms with van der Waals surface area (Å²) in [7, 11) is 0. The first-order chi connectivity index (χ1) is 7.35. The average molecular weight is 267 g/mol. The molecule has 1 aliphatic rings. The molecule has 0 saturated heterocycles. The predicted octanol–water partition coefficient (Wildman–Crippen LogP) is 2.94. The van der Waals surface area contributed by atoms with Crippen LogP contribution in [0.15, 0.2) is 18.2 Å². The molecule has 0 unspecified atom stereocenters. The molecule has 1 aliphatic carbocycles. The number of carboxylic acids is 1. The maximum atomic E-state index is 12.9. The molecule has 0 amide bonds. The molecule has 1 N–H and O–H groups in total. The Bertz CT molecular complexity index is 462. The van der Waals surface area contributed by atoms with Gasteiger partial charge in [0.1, 0.15) is 4.33 Å². The van der Waals surface area contributed by atoms with Gasteiger partial charge in [-0.1, -0.05) is 29.3 Å². The summed E-state index contributed by atoms with van der Waals surface area (Å²) in [5, 5.41) is 8.81. The van der Waals surface area contributed by atoms with Gasteiger partial charge in [0.05, 0.1) is 5.92 Å². The van der Waals surface area contributed by atoms with Gasteiger partial charge in [-0.3, -0.25) is 4.79 Å². The minimum absolute atomic E-state index is 0.288. The second kappa shape index (κ2) is 3.57. The number of rotatable bonds is 2. The second-order valence-electron chi connectivity index (χ2n) is 3.64. The Morgan fingerprint density at radius 1 is 1.31 bits per heavy atom. The molecule has 1 aromatic carbocycles. The van der Waals surface area contributed by atoms with Crippen LogP contribution in [0.2, 0.25) is 0 Å². The maximum Gasteiger partial charge on any atom is 0.310 e. The number of hydrogen-bond acceptors (Lipinski definition) is 1. The van der Waals surface area contributed by atoms with E-state index in [4.69, 9.17) is 28.3 Å². The third-order valence-electron chi connectivity index (χ3n) is 2.62. The van der Waals surface area contributed by atoms with E-state index < -0.39 is 33.8 Å². The number of aliphatic carboxylic acids is 1. The lowest BCUT2D eigenvalue weighted by Gasteiger charge is -2.00. The van der Waals surface area contributed by atoms with E-state index >= 15 is 0 Å². The van der Waals surface area contributed by atoms with Gasteiger partial charge in [-0.25, -0.2) is 8.78 Å². The van der Waals surface area contributed by atoms with Crippen LogP contribution >= 0.6 is 23.2 Å². The lowest BCUT2D eigenvalue weighted by atomic mass is 10.1. The van der Waals surface area contributed by atoms with Crippen molar-refractivity contribution in [2.24, 2.45) is 5.92 Å². The van der Waals surface area contributed by atoms with Crippen molar-refractivity contribution in [3.05, 3.63) is 35.4 Å². The molecule has 1 aromatic rings. The molecule has 0 heterocycles. The lowest BCUT2D eigenvalue weighted by molar-refractivity contribution is -0.138. The highest BCUT2D eigenvalue weighted by molar-refractivity contribution is 6.53. The van der Waals surface area contributed by atoms with Gasteiger partial charge < -0.3 is 5.11 Å². The molecular weight excluding hydrogens is 261 g/mol. The Morgan fingerprint density at radius 3 is 2.38 bits per heavy atom. The summed E-state index contributed by atoms with van der Waals surface area (Å²) in [6.45, 7) is 0. The summed E-state index contributed by atoms with van der Waals surface area (Å²) in [4.78, 5) is 10.8. The second-order valence-corrected chi connectivity index (χ2v) is 5.09. The van der Waals surface area contributed by atoms with Crippen LogP contribution in [0.4, 0.5) is 8.78 Å². The summed E-state index contributed by atoms with van der Waals surface area (Å²) in [6.07, 6.45) is 0. The van der Waals surface area contributed by atoms with Crippen LogP contribution in [0.25, 0.3) is 0 Å². The Labute approximate surface area is 99.8 Å². The largest absolute Gasteiger partial charge is 0.481 e. The molecule has 1 saturated carbocycles. The van der Waals surface area contributed by atoms with Crippen molar-refractivity contribution in [3.63, 3.8) is 0 Å². The summed E-state index contributed by atoms with van der Waals surface area (Å²) in [6, 6.07) is 3.12. The highest BCUT2D eigenvalue weighted by atomic mass is 35.5. The maximum absolute atomic E-state index is 12.9. The Kier molecular flexibility index (Phi) is 2.59. The van der Waals surface area contributed by atoms with Crippen molar-refractivity contribution in [2.75, 3.05) is 0 Å². The topological polar surface area (TPSA) is 37.3 Å². The summed E-state index contributed by atoms with van der Waals surface area (Å²) in [5.74, 6) is -4.88. The number of carboxylic acid groups (broad SMARTS) is 1. The van der Waals surface area contributed by atoms with E-state index in [-0.39, 0.29) is 5.56 Å². The van der Waals surface area contributed by atoms with Crippen molar-refractivity contribution in [2.45, 2.75) is 10.3 Å². The summed E-state index contributed by atoms with van der Waals surface area (Å²) < 4.78 is 24.2. The molecule has 0 aromatic heterocycles. The van der Waals surface area contributed by atoms with E-state index in [0.717, 1.165) is 12.1 Å². The highest BCUT2D eigenvalue weighted by Crippen LogP contribution is 2.64. The predicted molar refractivity (Wildman–Crippen MR) is 54.7 cm³/mol. The van der Waals surface area contributed by atoms with Crippen molar-refractivity contribution in [1.82, 2.24) is 0 Å². The van der Waals surface area contributed by atoms with Crippen LogP contribution in [0.3, 0.4) is 0 Å². The SMILES string of the molecule is O=C(O)[C@H]1[C@H](c2ccc(F)c(F)c2)C1(Cl)Cl. The van der Waals surface area contributed by atoms with E-state index in [1.807, 2.05) is 0 Å². The summed E-state index contributed by atoms with van der Waals surface area (Å²) >= 11 is 11.5. The number of hydrogen-bond donors (Lipinski definition) is 1. The number of halogens is 4. The van der Waals surface area contributed by atoms with Crippen molar-refractivity contribution >= 4 is 29.2 Å². The first-order valence-corrected chi connectivity index (χ1v) is 5.17. The minimum atomic E-state index is -1.45. The third-order valence-corrected chi connectivity index (χ3v) is 3.56. The van der Waals surface area contributed by atoms with Crippen LogP contribution in [0.1, 0.15) is 11.5 Å². The fourth-order valence-corrected chi connectivity index (χ4v) is 2.57. The van der Waals surface area contributed by atoms with Gasteiger partial charge in [0.2, 0.25) is 0 Å². The van der Waals surface area contributed by atoms with E-state index in [1.54, 1.807) is 0 Å². The van der Waals surface area contributed by atoms with Crippen LogP contribution in [-0.2, 0) is 4.79 Å². The first kappa shape index (κ1) is 11.6. The zero-order valence-corrected chi connectivity index (χ0v) is 9.27. The Balaban J connectivity index is 2.33. The molecule has 2 nitrogen and oxygen atoms in total. The Hall–Kier alpha value is -0.870. The molecule has 0 aliphatic heterocycles. The molecule has 2 atom stereocenters. The minimum Gasteiger partial charge on any atom is -0.481 e. The van der Waals surface area contributed by atoms with Gasteiger partial charge in [0.15, 0.2) is 11.6 Å². The molecule has 6 heteroatoms. The van der Waals surface area contributed by atoms with Gasteiger partial charge >= 0.3 is 5.97 Å². The van der Waals surface area contributed by atoms with Crippen LogP contribution < -0.4 is 0 Å². The number of carbonyl (C=O) groups is 1. The normalized spacial score (nSPS) is 26.5.